The van der Waals surface area contributed by atoms with Gasteiger partial charge in [-0.3, -0.25) is 4.79 Å². The van der Waals surface area contributed by atoms with Gasteiger partial charge in [0.05, 0.1) is 5.92 Å². The van der Waals surface area contributed by atoms with Crippen molar-refractivity contribution in [2.24, 2.45) is 11.8 Å². The lowest BCUT2D eigenvalue weighted by Crippen LogP contribution is -2.42. The molecule has 3 atom stereocenters. The molecule has 1 fully saturated rings. The molecule has 34 heavy (non-hydrogen) atoms. The van der Waals surface area contributed by atoms with Crippen LogP contribution in [0.25, 0.3) is 11.1 Å². The third kappa shape index (κ3) is 5.07. The van der Waals surface area contributed by atoms with Gasteiger partial charge in [0.1, 0.15) is 6.61 Å². The molecule has 180 valence electrons. The molecule has 2 aliphatic rings. The predicted octanol–water partition coefficient (Wildman–Crippen LogP) is 3.16. The van der Waals surface area contributed by atoms with Crippen LogP contribution in [0.5, 0.6) is 0 Å². The SMILES string of the molecule is CCC(CNC(=O)OCC1c2ccccc2-c2ccccc21)C(=O)NC[C@@H]1CCO[C@@H]1C(=O)O. The van der Waals surface area contributed by atoms with Crippen LogP contribution in [0.15, 0.2) is 48.5 Å². The van der Waals surface area contributed by atoms with Crippen LogP contribution in [-0.4, -0.2) is 55.5 Å². The highest BCUT2D eigenvalue weighted by atomic mass is 16.5. The summed E-state index contributed by atoms with van der Waals surface area (Å²) < 4.78 is 10.7. The minimum atomic E-state index is -1.01. The Bertz CT molecular complexity index is 1010. The van der Waals surface area contributed by atoms with E-state index in [1.807, 2.05) is 31.2 Å². The molecular formula is C26H30N2O6. The van der Waals surface area contributed by atoms with E-state index in [1.165, 1.54) is 0 Å². The molecular weight excluding hydrogens is 436 g/mol. The van der Waals surface area contributed by atoms with Crippen molar-refractivity contribution in [3.8, 4) is 11.1 Å². The topological polar surface area (TPSA) is 114 Å². The van der Waals surface area contributed by atoms with Gasteiger partial charge in [0.15, 0.2) is 6.10 Å². The summed E-state index contributed by atoms with van der Waals surface area (Å²) in [6.07, 6.45) is -0.340. The third-order valence-corrected chi connectivity index (χ3v) is 6.70. The number of ether oxygens (including phenoxy) is 2. The van der Waals surface area contributed by atoms with Gasteiger partial charge < -0.3 is 25.2 Å². The molecule has 3 N–H and O–H groups in total. The molecule has 0 radical (unpaired) electrons. The fraction of sp³-hybridized carbons (Fsp3) is 0.423. The minimum Gasteiger partial charge on any atom is -0.479 e. The molecule has 0 saturated carbocycles. The fourth-order valence-electron chi connectivity index (χ4n) is 4.77. The summed E-state index contributed by atoms with van der Waals surface area (Å²) in [4.78, 5) is 36.2. The Balaban J connectivity index is 1.26. The van der Waals surface area contributed by atoms with Crippen molar-refractivity contribution in [3.63, 3.8) is 0 Å². The van der Waals surface area contributed by atoms with Gasteiger partial charge in [-0.15, -0.1) is 0 Å². The second-order valence-corrected chi connectivity index (χ2v) is 8.74. The lowest BCUT2D eigenvalue weighted by atomic mass is 9.98. The number of amides is 2. The van der Waals surface area contributed by atoms with Crippen molar-refractivity contribution in [1.82, 2.24) is 10.6 Å². The van der Waals surface area contributed by atoms with Crippen LogP contribution in [0.2, 0.25) is 0 Å². The molecule has 1 heterocycles. The van der Waals surface area contributed by atoms with Crippen molar-refractivity contribution < 1.29 is 29.0 Å². The lowest BCUT2D eigenvalue weighted by molar-refractivity contribution is -0.149. The predicted molar refractivity (Wildman–Crippen MR) is 125 cm³/mol. The molecule has 4 rings (SSSR count). The molecule has 0 bridgehead atoms. The number of rotatable bonds is 9. The summed E-state index contributed by atoms with van der Waals surface area (Å²) in [7, 11) is 0. The highest BCUT2D eigenvalue weighted by molar-refractivity contribution is 5.80. The quantitative estimate of drug-likeness (QED) is 0.523. The number of carbonyl (C=O) groups excluding carboxylic acids is 2. The Morgan fingerprint density at radius 2 is 1.71 bits per heavy atom. The van der Waals surface area contributed by atoms with E-state index >= 15 is 0 Å². The Morgan fingerprint density at radius 3 is 2.32 bits per heavy atom. The Morgan fingerprint density at radius 1 is 1.06 bits per heavy atom. The van der Waals surface area contributed by atoms with Crippen molar-refractivity contribution >= 4 is 18.0 Å². The smallest absolute Gasteiger partial charge is 0.407 e. The first-order chi connectivity index (χ1) is 16.5. The van der Waals surface area contributed by atoms with E-state index in [1.54, 1.807) is 0 Å². The number of fused-ring (bicyclic) bond motifs is 3. The van der Waals surface area contributed by atoms with Crippen LogP contribution in [0, 0.1) is 11.8 Å². The molecule has 1 saturated heterocycles. The normalized spacial score (nSPS) is 19.7. The first kappa shape index (κ1) is 23.8. The molecule has 2 aromatic rings. The van der Waals surface area contributed by atoms with Gasteiger partial charge in [-0.1, -0.05) is 55.5 Å². The number of benzene rings is 2. The summed E-state index contributed by atoms with van der Waals surface area (Å²) in [5, 5.41) is 14.7. The van der Waals surface area contributed by atoms with Gasteiger partial charge in [0.25, 0.3) is 0 Å². The van der Waals surface area contributed by atoms with E-state index in [-0.39, 0.29) is 37.4 Å². The van der Waals surface area contributed by atoms with Crippen LogP contribution in [-0.2, 0) is 19.1 Å². The van der Waals surface area contributed by atoms with Crippen LogP contribution in [0.4, 0.5) is 4.79 Å². The van der Waals surface area contributed by atoms with E-state index in [2.05, 4.69) is 34.9 Å². The van der Waals surface area contributed by atoms with Crippen molar-refractivity contribution in [2.45, 2.75) is 31.8 Å². The number of hydrogen-bond donors (Lipinski definition) is 3. The number of hydrogen-bond acceptors (Lipinski definition) is 5. The monoisotopic (exact) mass is 466 g/mol. The Labute approximate surface area is 198 Å². The van der Waals surface area contributed by atoms with Gasteiger partial charge in [0, 0.05) is 31.5 Å². The molecule has 0 spiro atoms. The van der Waals surface area contributed by atoms with Crippen LogP contribution >= 0.6 is 0 Å². The maximum Gasteiger partial charge on any atom is 0.407 e. The average molecular weight is 467 g/mol. The van der Waals surface area contributed by atoms with Crippen molar-refractivity contribution in [3.05, 3.63) is 59.7 Å². The second kappa shape index (κ2) is 10.7. The number of nitrogens with one attached hydrogen (secondary N) is 2. The maximum absolute atomic E-state index is 12.6. The maximum atomic E-state index is 12.6. The number of alkyl carbamates (subject to hydrolysis) is 1. The summed E-state index contributed by atoms with van der Waals surface area (Å²) in [6, 6.07) is 16.2. The molecule has 1 aliphatic heterocycles. The lowest BCUT2D eigenvalue weighted by Gasteiger charge is -2.19. The first-order valence-corrected chi connectivity index (χ1v) is 11.7. The fourth-order valence-corrected chi connectivity index (χ4v) is 4.77. The molecule has 1 unspecified atom stereocenters. The molecule has 8 heteroatoms. The number of carbonyl (C=O) groups is 3. The largest absolute Gasteiger partial charge is 0.479 e. The van der Waals surface area contributed by atoms with E-state index in [9.17, 15) is 19.5 Å². The highest BCUT2D eigenvalue weighted by Gasteiger charge is 2.34. The Hall–Kier alpha value is -3.39. The van der Waals surface area contributed by atoms with Crippen LogP contribution < -0.4 is 10.6 Å². The summed E-state index contributed by atoms with van der Waals surface area (Å²) in [5.74, 6) is -1.96. The standard InChI is InChI=1S/C26H30N2O6/c1-2-16(24(29)27-14-17-11-12-33-23(17)25(30)31)13-28-26(32)34-15-22-20-9-5-3-7-18(20)19-8-4-6-10-21(19)22/h3-10,16-17,22-23H,2,11-15H2,1H3,(H,27,29)(H,28,32)(H,30,31)/t16?,17-,23-/m0/s1. The van der Waals surface area contributed by atoms with Gasteiger partial charge in [0.2, 0.25) is 5.91 Å². The molecule has 2 amide bonds. The number of aliphatic carboxylic acids is 1. The van der Waals surface area contributed by atoms with Gasteiger partial charge >= 0.3 is 12.1 Å². The molecule has 0 aromatic heterocycles. The second-order valence-electron chi connectivity index (χ2n) is 8.74. The van der Waals surface area contributed by atoms with E-state index in [0.29, 0.717) is 19.4 Å². The summed E-state index contributed by atoms with van der Waals surface area (Å²) >= 11 is 0. The van der Waals surface area contributed by atoms with Gasteiger partial charge in [-0.05, 0) is 35.1 Å². The van der Waals surface area contributed by atoms with Crippen molar-refractivity contribution in [2.75, 3.05) is 26.3 Å². The van der Waals surface area contributed by atoms with Crippen molar-refractivity contribution in [1.29, 1.82) is 0 Å². The van der Waals surface area contributed by atoms with E-state index in [0.717, 1.165) is 22.3 Å². The molecule has 2 aromatic carbocycles. The third-order valence-electron chi connectivity index (χ3n) is 6.70. The Kier molecular flexibility index (Phi) is 7.47. The number of carboxylic acid groups (broad SMARTS) is 1. The zero-order valence-corrected chi connectivity index (χ0v) is 19.2. The number of carboxylic acids is 1. The average Bonchev–Trinajstić information content (AvgIpc) is 3.45. The molecule has 1 aliphatic carbocycles. The van der Waals surface area contributed by atoms with Gasteiger partial charge in [-0.2, -0.15) is 0 Å². The minimum absolute atomic E-state index is 0.0285. The zero-order valence-electron chi connectivity index (χ0n) is 19.2. The van der Waals surface area contributed by atoms with E-state index < -0.39 is 24.1 Å². The van der Waals surface area contributed by atoms with E-state index in [4.69, 9.17) is 9.47 Å². The molecule has 8 nitrogen and oxygen atoms in total. The summed E-state index contributed by atoms with van der Waals surface area (Å²) in [5.41, 5.74) is 4.59. The highest BCUT2D eigenvalue weighted by Crippen LogP contribution is 2.44. The summed E-state index contributed by atoms with van der Waals surface area (Å²) in [6.45, 7) is 2.82. The van der Waals surface area contributed by atoms with Crippen LogP contribution in [0.3, 0.4) is 0 Å². The zero-order chi connectivity index (χ0) is 24.1. The first-order valence-electron chi connectivity index (χ1n) is 11.7. The van der Waals surface area contributed by atoms with Crippen LogP contribution in [0.1, 0.15) is 36.8 Å². The van der Waals surface area contributed by atoms with Gasteiger partial charge in [-0.25, -0.2) is 9.59 Å².